The van der Waals surface area contributed by atoms with E-state index in [1.54, 1.807) is 25.7 Å². The Labute approximate surface area is 189 Å². The minimum Gasteiger partial charge on any atom is -0.383 e. The van der Waals surface area contributed by atoms with Gasteiger partial charge in [0.15, 0.2) is 0 Å². The quantitative estimate of drug-likeness (QED) is 0.426. The topological polar surface area (TPSA) is 84.9 Å². The van der Waals surface area contributed by atoms with Gasteiger partial charge in [0.25, 0.3) is 5.91 Å². The number of nitrogens with one attached hydrogen (secondary N) is 1. The maximum Gasteiger partial charge on any atom is 0.262 e. The molecule has 1 amide bonds. The number of nitriles is 1. The first-order valence-corrected chi connectivity index (χ1v) is 10.5. The lowest BCUT2D eigenvalue weighted by molar-refractivity contribution is -0.117. The third-order valence-electron chi connectivity index (χ3n) is 5.58. The van der Waals surface area contributed by atoms with Crippen molar-refractivity contribution in [2.75, 3.05) is 13.7 Å². The van der Waals surface area contributed by atoms with Gasteiger partial charge in [-0.2, -0.15) is 5.26 Å². The van der Waals surface area contributed by atoms with Gasteiger partial charge in [-0.3, -0.25) is 4.79 Å². The van der Waals surface area contributed by atoms with Crippen molar-refractivity contribution in [2.24, 2.45) is 0 Å². The van der Waals surface area contributed by atoms with Crippen LogP contribution in [0.25, 0.3) is 11.8 Å². The lowest BCUT2D eigenvalue weighted by Crippen LogP contribution is -2.27. The van der Waals surface area contributed by atoms with Crippen LogP contribution in [0.4, 0.5) is 0 Å². The molecular weight excluding hydrogens is 402 g/mol. The largest absolute Gasteiger partial charge is 0.383 e. The molecule has 32 heavy (non-hydrogen) atoms. The lowest BCUT2D eigenvalue weighted by atomic mass is 10.1. The van der Waals surface area contributed by atoms with Crippen LogP contribution >= 0.6 is 0 Å². The van der Waals surface area contributed by atoms with E-state index < -0.39 is 5.91 Å². The van der Waals surface area contributed by atoms with E-state index in [0.29, 0.717) is 6.61 Å². The first kappa shape index (κ1) is 23.0. The summed E-state index contributed by atoms with van der Waals surface area (Å²) in [6.45, 7) is 8.56. The molecule has 3 rings (SSSR count). The molecule has 0 aliphatic rings. The number of methoxy groups -OCH3 is 1. The average molecular weight is 432 g/mol. The maximum absolute atomic E-state index is 12.8. The zero-order valence-corrected chi connectivity index (χ0v) is 19.2. The van der Waals surface area contributed by atoms with Gasteiger partial charge in [0, 0.05) is 36.6 Å². The van der Waals surface area contributed by atoms with Crippen molar-refractivity contribution in [3.63, 3.8) is 0 Å². The highest BCUT2D eigenvalue weighted by atomic mass is 16.5. The summed E-state index contributed by atoms with van der Waals surface area (Å²) in [7, 11) is 1.68. The van der Waals surface area contributed by atoms with Gasteiger partial charge in [-0.05, 0) is 63.1 Å². The normalized spacial score (nSPS) is 13.4. The Balaban J connectivity index is 1.75. The summed E-state index contributed by atoms with van der Waals surface area (Å²) in [4.78, 5) is 16.9. The molecule has 0 aliphatic heterocycles. The molecule has 3 aromatic rings. The van der Waals surface area contributed by atoms with Crippen molar-refractivity contribution in [2.45, 2.75) is 39.8 Å². The highest BCUT2D eigenvalue weighted by molar-refractivity contribution is 6.02. The summed E-state index contributed by atoms with van der Waals surface area (Å²) in [5.74, 6) is -0.395. The number of benzene rings is 1. The number of nitrogens with zero attached hydrogens (tertiary/aromatic N) is 4. The van der Waals surface area contributed by atoms with Gasteiger partial charge >= 0.3 is 0 Å². The van der Waals surface area contributed by atoms with Crippen LogP contribution in [-0.4, -0.2) is 33.7 Å². The van der Waals surface area contributed by atoms with Crippen LogP contribution in [0.2, 0.25) is 0 Å². The van der Waals surface area contributed by atoms with Gasteiger partial charge in [0.2, 0.25) is 0 Å². The van der Waals surface area contributed by atoms with Crippen molar-refractivity contribution < 1.29 is 9.53 Å². The van der Waals surface area contributed by atoms with E-state index in [1.165, 1.54) is 0 Å². The molecule has 2 unspecified atom stereocenters. The van der Waals surface area contributed by atoms with Crippen LogP contribution in [0.1, 0.15) is 48.4 Å². The number of amides is 1. The number of rotatable bonds is 8. The molecule has 0 aliphatic carbocycles. The highest BCUT2D eigenvalue weighted by Crippen LogP contribution is 2.23. The monoisotopic (exact) mass is 431 g/mol. The van der Waals surface area contributed by atoms with E-state index in [9.17, 15) is 10.1 Å². The fraction of sp³-hybridized carbons (Fsp3) is 0.320. The fourth-order valence-corrected chi connectivity index (χ4v) is 3.95. The van der Waals surface area contributed by atoms with Crippen molar-refractivity contribution in [1.82, 2.24) is 19.4 Å². The molecule has 1 N–H and O–H groups in total. The number of hydrogen-bond donors (Lipinski definition) is 1. The standard InChI is InChI=1S/C25H29N5O2/c1-17-12-22(20(4)30(17)18(2)15-32-5)13-23(14-26)25(31)28-19(3)21-6-8-24(9-7-21)29-11-10-27-16-29/h6-13,16,18-19H,15H2,1-5H3,(H,28,31)/b23-13-. The van der Waals surface area contributed by atoms with Crippen molar-refractivity contribution in [1.29, 1.82) is 5.26 Å². The highest BCUT2D eigenvalue weighted by Gasteiger charge is 2.17. The van der Waals surface area contributed by atoms with E-state index in [4.69, 9.17) is 4.74 Å². The minimum atomic E-state index is -0.395. The van der Waals surface area contributed by atoms with E-state index in [1.807, 2.05) is 67.9 Å². The van der Waals surface area contributed by atoms with Crippen molar-refractivity contribution >= 4 is 12.0 Å². The van der Waals surface area contributed by atoms with Crippen LogP contribution in [0.3, 0.4) is 0 Å². The van der Waals surface area contributed by atoms with Gasteiger partial charge in [-0.1, -0.05) is 12.1 Å². The molecule has 2 heterocycles. The predicted molar refractivity (Wildman–Crippen MR) is 124 cm³/mol. The Kier molecular flexibility index (Phi) is 7.29. The Morgan fingerprint density at radius 3 is 2.59 bits per heavy atom. The third kappa shape index (κ3) is 4.98. The number of carbonyl (C=O) groups excluding carboxylic acids is 1. The summed E-state index contributed by atoms with van der Waals surface area (Å²) in [6, 6.07) is 11.8. The van der Waals surface area contributed by atoms with Crippen LogP contribution in [0.15, 0.2) is 54.6 Å². The second-order valence-electron chi connectivity index (χ2n) is 7.93. The van der Waals surface area contributed by atoms with Crippen LogP contribution in [0, 0.1) is 25.2 Å². The smallest absolute Gasteiger partial charge is 0.262 e. The second kappa shape index (κ2) is 10.1. The van der Waals surface area contributed by atoms with Crippen molar-refractivity contribution in [3.05, 3.63) is 77.1 Å². The van der Waals surface area contributed by atoms with Crippen molar-refractivity contribution in [3.8, 4) is 11.8 Å². The number of aromatic nitrogens is 3. The number of aryl methyl sites for hydroxylation is 1. The Morgan fingerprint density at radius 1 is 1.28 bits per heavy atom. The Bertz CT molecular complexity index is 1130. The molecule has 2 atom stereocenters. The van der Waals surface area contributed by atoms with Gasteiger partial charge < -0.3 is 19.2 Å². The number of carbonyl (C=O) groups is 1. The van der Waals surface area contributed by atoms with E-state index >= 15 is 0 Å². The van der Waals surface area contributed by atoms with Gasteiger partial charge in [-0.15, -0.1) is 0 Å². The summed E-state index contributed by atoms with van der Waals surface area (Å²) >= 11 is 0. The van der Waals surface area contributed by atoms with Gasteiger partial charge in [0.05, 0.1) is 25.0 Å². The number of imidazole rings is 1. The molecule has 7 heteroatoms. The molecule has 0 saturated heterocycles. The molecule has 2 aromatic heterocycles. The summed E-state index contributed by atoms with van der Waals surface area (Å²) in [5.41, 5.74) is 4.92. The maximum atomic E-state index is 12.8. The Hall–Kier alpha value is -3.63. The molecule has 0 saturated carbocycles. The fourth-order valence-electron chi connectivity index (χ4n) is 3.95. The Morgan fingerprint density at radius 2 is 2.00 bits per heavy atom. The third-order valence-corrected chi connectivity index (χ3v) is 5.58. The minimum absolute atomic E-state index is 0.0755. The summed E-state index contributed by atoms with van der Waals surface area (Å²) in [6.07, 6.45) is 6.99. The van der Waals surface area contributed by atoms with Crippen LogP contribution in [0.5, 0.6) is 0 Å². The van der Waals surface area contributed by atoms with E-state index in [0.717, 1.165) is 28.2 Å². The molecular formula is C25H29N5O2. The SMILES string of the molecule is COCC(C)n1c(C)cc(/C=C(/C#N)C(=O)NC(C)c2ccc(-n3ccnc3)cc2)c1C. The van der Waals surface area contributed by atoms with Gasteiger partial charge in [-0.25, -0.2) is 4.98 Å². The molecule has 7 nitrogen and oxygen atoms in total. The zero-order chi connectivity index (χ0) is 23.3. The number of ether oxygens (including phenoxy) is 1. The van der Waals surface area contributed by atoms with Gasteiger partial charge in [0.1, 0.15) is 11.6 Å². The second-order valence-corrected chi connectivity index (χ2v) is 7.93. The zero-order valence-electron chi connectivity index (χ0n) is 19.2. The molecule has 1 aromatic carbocycles. The van der Waals surface area contributed by atoms with E-state index in [-0.39, 0.29) is 17.7 Å². The summed E-state index contributed by atoms with van der Waals surface area (Å²) in [5, 5.41) is 12.6. The van der Waals surface area contributed by atoms with E-state index in [2.05, 4.69) is 21.8 Å². The lowest BCUT2D eigenvalue weighted by Gasteiger charge is -2.17. The van der Waals surface area contributed by atoms with Crippen LogP contribution < -0.4 is 5.32 Å². The molecule has 0 fully saturated rings. The first-order valence-electron chi connectivity index (χ1n) is 10.5. The summed E-state index contributed by atoms with van der Waals surface area (Å²) < 4.78 is 9.34. The first-order chi connectivity index (χ1) is 15.3. The molecule has 0 radical (unpaired) electrons. The molecule has 0 spiro atoms. The molecule has 0 bridgehead atoms. The number of hydrogen-bond acceptors (Lipinski definition) is 4. The average Bonchev–Trinajstić information content (AvgIpc) is 3.40. The van der Waals surface area contributed by atoms with Crippen LogP contribution in [-0.2, 0) is 9.53 Å². The molecule has 166 valence electrons. The predicted octanol–water partition coefficient (Wildman–Crippen LogP) is 4.28.